The van der Waals surface area contributed by atoms with Gasteiger partial charge in [0, 0.05) is 32.2 Å². The Morgan fingerprint density at radius 1 is 1.00 bits per heavy atom. The number of fused-ring (bicyclic) bond motifs is 2. The van der Waals surface area contributed by atoms with Crippen LogP contribution in [0.5, 0.6) is 5.75 Å². The Balaban J connectivity index is 1.22. The Bertz CT molecular complexity index is 1660. The van der Waals surface area contributed by atoms with Crippen molar-refractivity contribution in [3.05, 3.63) is 65.9 Å². The topological polar surface area (TPSA) is 104 Å². The Morgan fingerprint density at radius 3 is 2.44 bits per heavy atom. The minimum atomic E-state index is -1.47. The fourth-order valence-electron chi connectivity index (χ4n) is 6.46. The van der Waals surface area contributed by atoms with Gasteiger partial charge in [-0.25, -0.2) is 0 Å². The van der Waals surface area contributed by atoms with Crippen LogP contribution in [0.3, 0.4) is 0 Å². The van der Waals surface area contributed by atoms with Crippen LogP contribution < -0.4 is 19.3 Å². The predicted molar refractivity (Wildman–Crippen MR) is 178 cm³/mol. The summed E-state index contributed by atoms with van der Waals surface area (Å²) in [6, 6.07) is 15.0. The van der Waals surface area contributed by atoms with Gasteiger partial charge in [0.1, 0.15) is 0 Å². The molecule has 6 rings (SSSR count). The Hall–Kier alpha value is -3.84. The molecule has 11 nitrogen and oxygen atoms in total. The fourth-order valence-corrected chi connectivity index (χ4v) is 7.32. The number of carbonyl (C=O) groups is 2. The summed E-state index contributed by atoms with van der Waals surface area (Å²) < 4.78 is 20.7. The molecule has 12 heteroatoms. The molecule has 0 aliphatic carbocycles. The number of carbonyl (C=O) groups excluding carboxylic acids is 2. The number of likely N-dealkylation sites (tertiary alicyclic amines) is 1. The van der Waals surface area contributed by atoms with Crippen LogP contribution in [0.4, 0.5) is 28.6 Å². The van der Waals surface area contributed by atoms with E-state index in [4.69, 9.17) is 4.74 Å². The van der Waals surface area contributed by atoms with Gasteiger partial charge in [-0.1, -0.05) is 0 Å². The van der Waals surface area contributed by atoms with Crippen molar-refractivity contribution in [1.82, 2.24) is 19.7 Å². The van der Waals surface area contributed by atoms with Gasteiger partial charge in [-0.05, 0) is 33.0 Å². The van der Waals surface area contributed by atoms with Crippen LogP contribution in [0.25, 0.3) is 0 Å². The van der Waals surface area contributed by atoms with E-state index >= 15 is 0 Å². The van der Waals surface area contributed by atoms with Crippen molar-refractivity contribution in [3.63, 3.8) is 0 Å². The molecule has 3 aromatic rings. The number of amides is 2. The van der Waals surface area contributed by atoms with Crippen LogP contribution in [0.2, 0.25) is 0 Å². The van der Waals surface area contributed by atoms with Crippen molar-refractivity contribution in [2.24, 2.45) is 0 Å². The molecule has 238 valence electrons. The Kier molecular flexibility index (Phi) is 9.18. The van der Waals surface area contributed by atoms with Gasteiger partial charge in [-0.15, -0.1) is 0 Å². The normalized spacial score (nSPS) is 18.0. The number of nitrogens with zero attached hydrogens (tertiary/aromatic N) is 6. The summed E-state index contributed by atoms with van der Waals surface area (Å²) in [7, 11) is 2.40. The molecular formula is C33H41N7O4S. The average molecular weight is 632 g/mol. The number of rotatable bonds is 6. The van der Waals surface area contributed by atoms with Crippen LogP contribution in [-0.2, 0) is 14.9 Å². The summed E-state index contributed by atoms with van der Waals surface area (Å²) in [6.45, 7) is 7.80. The van der Waals surface area contributed by atoms with Crippen LogP contribution in [0.1, 0.15) is 40.5 Å². The SMILES string of the molecule is CCOc1cc(C(=O)N2CCN(C3CCN(C)CC3)CC2)ccc1Nc1cc2c(cn1)N(C)C(=O)c1ccccc1N2[S-](C)#[O+]. The van der Waals surface area contributed by atoms with Crippen molar-refractivity contribution >= 4 is 51.2 Å². The number of benzene rings is 2. The van der Waals surface area contributed by atoms with E-state index in [1.165, 1.54) is 17.7 Å². The Labute approximate surface area is 267 Å². The van der Waals surface area contributed by atoms with Crippen molar-refractivity contribution < 1.29 is 18.4 Å². The third-order valence-corrected chi connectivity index (χ3v) is 9.86. The molecule has 0 unspecified atom stereocenters. The monoisotopic (exact) mass is 631 g/mol. The first-order valence-electron chi connectivity index (χ1n) is 15.5. The number of aromatic nitrogens is 1. The molecule has 0 bridgehead atoms. The molecule has 3 aliphatic heterocycles. The summed E-state index contributed by atoms with van der Waals surface area (Å²) in [6.07, 6.45) is 5.56. The molecule has 2 amide bonds. The third kappa shape index (κ3) is 6.32. The first-order chi connectivity index (χ1) is 21.7. The van der Waals surface area contributed by atoms with E-state index in [0.717, 1.165) is 26.2 Å². The number of ether oxygens (including phenoxy) is 1. The summed E-state index contributed by atoms with van der Waals surface area (Å²) in [5.41, 5.74) is 3.38. The third-order valence-electron chi connectivity index (χ3n) is 8.95. The van der Waals surface area contributed by atoms with E-state index in [0.29, 0.717) is 71.2 Å². The zero-order valence-corrected chi connectivity index (χ0v) is 27.2. The summed E-state index contributed by atoms with van der Waals surface area (Å²) in [5, 5.41) is 3.33. The first-order valence-corrected chi connectivity index (χ1v) is 17.0. The molecule has 4 heterocycles. The zero-order valence-electron chi connectivity index (χ0n) is 26.4. The standard InChI is InChI=1S/C33H41N7O4S/c1-5-44-30-20-23(32(41)39-18-16-38(17-19-39)24-12-14-36(2)15-13-24)10-11-26(30)35-31-21-28-29(22-34-31)37(3)33(42)25-8-6-7-9-27(25)40(28)45(4)43/h6-11,20-22,24H,5,12-19H2,1-4H3,(H,34,35). The number of para-hydroxylation sites is 1. The van der Waals surface area contributed by atoms with Crippen LogP contribution in [-0.4, -0.2) is 104 Å². The van der Waals surface area contributed by atoms with Gasteiger partial charge >= 0.3 is 192 Å². The molecule has 2 fully saturated rings. The number of piperidine rings is 1. The van der Waals surface area contributed by atoms with E-state index in [-0.39, 0.29) is 11.8 Å². The van der Waals surface area contributed by atoms with Gasteiger partial charge in [-0.3, -0.25) is 4.90 Å². The number of hydrogen-bond acceptors (Lipinski definition) is 9. The number of pyridine rings is 1. The van der Waals surface area contributed by atoms with E-state index < -0.39 is 10.8 Å². The predicted octanol–water partition coefficient (Wildman–Crippen LogP) is 4.31. The van der Waals surface area contributed by atoms with Crippen molar-refractivity contribution in [2.75, 3.05) is 80.7 Å². The molecule has 45 heavy (non-hydrogen) atoms. The Morgan fingerprint density at radius 2 is 1.73 bits per heavy atom. The zero-order chi connectivity index (χ0) is 31.7. The van der Waals surface area contributed by atoms with Gasteiger partial charge in [0.2, 0.25) is 0 Å². The summed E-state index contributed by atoms with van der Waals surface area (Å²) in [5.74, 6) is 0.818. The summed E-state index contributed by atoms with van der Waals surface area (Å²) >= 11 is 0. The van der Waals surface area contributed by atoms with Crippen LogP contribution >= 0.6 is 0 Å². The molecule has 0 radical (unpaired) electrons. The molecule has 0 saturated carbocycles. The molecular weight excluding hydrogens is 590 g/mol. The second-order valence-corrected chi connectivity index (χ2v) is 13.0. The van der Waals surface area contributed by atoms with Gasteiger partial charge < -0.3 is 4.90 Å². The maximum atomic E-state index is 13.5. The van der Waals surface area contributed by atoms with Gasteiger partial charge in [0.05, 0.1) is 0 Å². The van der Waals surface area contributed by atoms with E-state index in [2.05, 4.69) is 27.1 Å². The molecule has 2 saturated heterocycles. The van der Waals surface area contributed by atoms with Gasteiger partial charge in [0.15, 0.2) is 0 Å². The van der Waals surface area contributed by atoms with E-state index in [1.807, 2.05) is 30.0 Å². The van der Waals surface area contributed by atoms with E-state index in [9.17, 15) is 13.6 Å². The molecule has 0 spiro atoms. The first kappa shape index (κ1) is 31.2. The van der Waals surface area contributed by atoms with Gasteiger partial charge in [-0.2, -0.15) is 0 Å². The maximum absolute atomic E-state index is 13.5. The molecule has 1 aromatic heterocycles. The number of hydrogen-bond donors (Lipinski definition) is 1. The molecule has 0 atom stereocenters. The van der Waals surface area contributed by atoms with Crippen molar-refractivity contribution in [2.45, 2.75) is 25.8 Å². The number of nitrogens with one attached hydrogen (secondary N) is 1. The minimum absolute atomic E-state index is 0.00104. The fraction of sp³-hybridized carbons (Fsp3) is 0.424. The molecule has 3 aliphatic rings. The quantitative estimate of drug-likeness (QED) is 0.317. The molecule has 1 N–H and O–H groups in total. The number of anilines is 5. The second-order valence-electron chi connectivity index (χ2n) is 11.8. The summed E-state index contributed by atoms with van der Waals surface area (Å²) in [4.78, 5) is 39.8. The van der Waals surface area contributed by atoms with Crippen molar-refractivity contribution in [1.29, 1.82) is 0 Å². The van der Waals surface area contributed by atoms with Gasteiger partial charge in [0.25, 0.3) is 0 Å². The number of piperazine rings is 1. The average Bonchev–Trinajstić information content (AvgIpc) is 3.14. The molecule has 2 aromatic carbocycles. The van der Waals surface area contributed by atoms with Crippen LogP contribution in [0.15, 0.2) is 54.7 Å². The van der Waals surface area contributed by atoms with Crippen LogP contribution in [0, 0.1) is 0 Å². The van der Waals surface area contributed by atoms with E-state index in [1.54, 1.807) is 54.1 Å². The van der Waals surface area contributed by atoms with Crippen molar-refractivity contribution in [3.8, 4) is 5.75 Å². The second kappa shape index (κ2) is 13.3.